The summed E-state index contributed by atoms with van der Waals surface area (Å²) in [5.41, 5.74) is 8.60. The molecule has 0 saturated heterocycles. The molecule has 0 heterocycles. The number of alkyl halides is 2. The number of hydrogen-bond acceptors (Lipinski definition) is 4. The minimum absolute atomic E-state index is 0.0710. The van der Waals surface area contributed by atoms with E-state index in [1.165, 1.54) is 0 Å². The van der Waals surface area contributed by atoms with Gasteiger partial charge in [0.05, 0.1) is 10.7 Å². The molecule has 0 aliphatic carbocycles. The quantitative estimate of drug-likeness (QED) is 0.133. The van der Waals surface area contributed by atoms with Crippen molar-refractivity contribution in [2.45, 2.75) is 9.79 Å². The van der Waals surface area contributed by atoms with E-state index < -0.39 is 57.7 Å². The Kier molecular flexibility index (Phi) is 7.66. The number of nitrogens with two attached hydrogens (primary N) is 2. The highest BCUT2D eigenvalue weighted by Gasteiger charge is 2.67. The first-order chi connectivity index (χ1) is 15.1. The molecule has 0 aromatic heterocycles. The zero-order valence-corrected chi connectivity index (χ0v) is 22.9. The Morgan fingerprint density at radius 2 is 1.11 bits per heavy atom. The van der Waals surface area contributed by atoms with Gasteiger partial charge in [-0.2, -0.15) is 0 Å². The van der Waals surface area contributed by atoms with Crippen molar-refractivity contribution in [1.82, 2.24) is 0 Å². The standard InChI is InChI=1S/C8H6Br2F5NOS.C8H7BrF5NOS/c9-3-7(17)4-1-5(10)8(2-6(4)16)18(11,12,13,14)15;9-4-8(16)6-2-1-5(3-7(6)15)17(10,11,12,13)14/h1-2H,3,16H2;1-3H,4,15H2. The molecule has 0 atom stereocenters. The van der Waals surface area contributed by atoms with Gasteiger partial charge in [0.1, 0.15) is 9.79 Å². The maximum Gasteiger partial charge on any atom is 0.311 e. The van der Waals surface area contributed by atoms with Crippen LogP contribution in [0.4, 0.5) is 50.2 Å². The molecule has 2 aromatic carbocycles. The molecule has 0 spiro atoms. The van der Waals surface area contributed by atoms with Crippen LogP contribution in [0, 0.1) is 0 Å². The van der Waals surface area contributed by atoms with Gasteiger partial charge in [-0.25, -0.2) is 0 Å². The van der Waals surface area contributed by atoms with E-state index in [-0.39, 0.29) is 40.0 Å². The lowest BCUT2D eigenvalue weighted by Crippen LogP contribution is -2.11. The summed E-state index contributed by atoms with van der Waals surface area (Å²) in [5.74, 6) is -1.20. The minimum atomic E-state index is -9.84. The van der Waals surface area contributed by atoms with Gasteiger partial charge in [0.15, 0.2) is 11.6 Å². The van der Waals surface area contributed by atoms with Crippen LogP contribution in [0.1, 0.15) is 20.7 Å². The second kappa shape index (κ2) is 8.42. The fourth-order valence-electron chi connectivity index (χ4n) is 2.28. The van der Waals surface area contributed by atoms with Gasteiger partial charge in [0.25, 0.3) is 0 Å². The van der Waals surface area contributed by atoms with E-state index in [9.17, 15) is 48.4 Å². The molecule has 202 valence electrons. The third-order valence-corrected chi connectivity index (χ3v) is 8.08. The number of halogens is 13. The minimum Gasteiger partial charge on any atom is -0.398 e. The monoisotopic (exact) mass is 756 g/mol. The van der Waals surface area contributed by atoms with Crippen LogP contribution in [-0.4, -0.2) is 22.2 Å². The average molecular weight is 759 g/mol. The summed E-state index contributed by atoms with van der Waals surface area (Å²) >= 11 is 7.99. The third kappa shape index (κ3) is 8.71. The van der Waals surface area contributed by atoms with Gasteiger partial charge in [0, 0.05) is 27.0 Å². The van der Waals surface area contributed by atoms with Crippen molar-refractivity contribution in [3.63, 3.8) is 0 Å². The number of carbonyl (C=O) groups is 2. The van der Waals surface area contributed by atoms with E-state index >= 15 is 0 Å². The van der Waals surface area contributed by atoms with E-state index in [0.717, 1.165) is 0 Å². The summed E-state index contributed by atoms with van der Waals surface area (Å²) in [4.78, 5) is 18.2. The van der Waals surface area contributed by atoms with Gasteiger partial charge in [-0.05, 0) is 46.3 Å². The number of anilines is 2. The van der Waals surface area contributed by atoms with Crippen molar-refractivity contribution in [2.75, 3.05) is 22.1 Å². The van der Waals surface area contributed by atoms with E-state index in [4.69, 9.17) is 11.5 Å². The molecule has 0 bridgehead atoms. The van der Waals surface area contributed by atoms with Crippen molar-refractivity contribution in [3.8, 4) is 0 Å². The van der Waals surface area contributed by atoms with Crippen LogP contribution in [-0.2, 0) is 0 Å². The number of ketones is 2. The maximum absolute atomic E-state index is 12.6. The molecule has 0 amide bonds. The number of Topliss-reactive ketones (excluding diaryl/α,β-unsaturated/α-hetero) is 2. The molecule has 0 aliphatic rings. The largest absolute Gasteiger partial charge is 0.398 e. The molecule has 4 N–H and O–H groups in total. The van der Waals surface area contributed by atoms with Crippen LogP contribution in [0.25, 0.3) is 0 Å². The fourth-order valence-corrected chi connectivity index (χ4v) is 5.60. The van der Waals surface area contributed by atoms with Gasteiger partial charge in [-0.15, -0.1) is 0 Å². The van der Waals surface area contributed by atoms with Gasteiger partial charge in [-0.3, -0.25) is 9.59 Å². The lowest BCUT2D eigenvalue weighted by molar-refractivity contribution is 0.101. The van der Waals surface area contributed by atoms with Gasteiger partial charge in [-0.1, -0.05) is 70.7 Å². The first kappa shape index (κ1) is 31.8. The Balaban J connectivity index is 0.000000351. The zero-order chi connectivity index (χ0) is 28.0. The van der Waals surface area contributed by atoms with Crippen molar-refractivity contribution in [2.24, 2.45) is 0 Å². The summed E-state index contributed by atoms with van der Waals surface area (Å²) in [7, 11) is -19.6. The molecular formula is C16H13Br3F10N2O2S2. The van der Waals surface area contributed by atoms with E-state index in [1.54, 1.807) is 0 Å². The lowest BCUT2D eigenvalue weighted by atomic mass is 10.1. The lowest BCUT2D eigenvalue weighted by Gasteiger charge is -2.41. The summed E-state index contributed by atoms with van der Waals surface area (Å²) < 4.78 is 124. The van der Waals surface area contributed by atoms with Crippen molar-refractivity contribution in [3.05, 3.63) is 45.9 Å². The maximum atomic E-state index is 12.6. The molecule has 2 rings (SSSR count). The predicted octanol–water partition coefficient (Wildman–Crippen LogP) is 9.77. The number of rotatable bonds is 6. The SMILES string of the molecule is Nc1cc(S(F)(F)(F)(F)F)c(Br)cc1C(=O)CBr.Nc1cc(S(F)(F)(F)(F)F)ccc1C(=O)CBr. The van der Waals surface area contributed by atoms with Crippen LogP contribution < -0.4 is 11.5 Å². The van der Waals surface area contributed by atoms with E-state index in [1.807, 2.05) is 0 Å². The Hall–Kier alpha value is -1.18. The molecule has 0 aliphatic heterocycles. The molecule has 0 unspecified atom stereocenters. The first-order valence-corrected chi connectivity index (χ1v) is 15.2. The molecular weight excluding hydrogens is 746 g/mol. The molecule has 19 heteroatoms. The first-order valence-electron chi connectivity index (χ1n) is 8.26. The Bertz CT molecular complexity index is 1210. The highest BCUT2D eigenvalue weighted by Crippen LogP contribution is 3.03. The van der Waals surface area contributed by atoms with Crippen LogP contribution in [0.15, 0.2) is 44.6 Å². The van der Waals surface area contributed by atoms with Gasteiger partial charge in [0.2, 0.25) is 0 Å². The topological polar surface area (TPSA) is 86.2 Å². The fraction of sp³-hybridized carbons (Fsp3) is 0.125. The Labute approximate surface area is 216 Å². The second-order valence-corrected chi connectivity index (χ2v) is 13.4. The third-order valence-electron chi connectivity index (χ3n) is 3.83. The smallest absolute Gasteiger partial charge is 0.311 e. The zero-order valence-electron chi connectivity index (χ0n) is 16.5. The van der Waals surface area contributed by atoms with E-state index in [2.05, 4.69) is 47.8 Å². The highest BCUT2D eigenvalue weighted by molar-refractivity contribution is 9.10. The summed E-state index contributed by atoms with van der Waals surface area (Å²) in [5, 5.41) is -0.341. The van der Waals surface area contributed by atoms with Crippen molar-refractivity contribution in [1.29, 1.82) is 0 Å². The van der Waals surface area contributed by atoms with Gasteiger partial charge >= 0.3 is 20.4 Å². The van der Waals surface area contributed by atoms with Gasteiger partial charge < -0.3 is 11.5 Å². The Morgan fingerprint density at radius 3 is 1.49 bits per heavy atom. The van der Waals surface area contributed by atoms with Crippen LogP contribution in [0.3, 0.4) is 0 Å². The number of hydrogen-bond donors (Lipinski definition) is 2. The summed E-state index contributed by atoms with van der Waals surface area (Å²) in [6, 6.07) is 1.60. The average Bonchev–Trinajstić information content (AvgIpc) is 2.65. The molecule has 0 saturated carbocycles. The molecule has 0 radical (unpaired) electrons. The normalized spacial score (nSPS) is 16.0. The summed E-state index contributed by atoms with van der Waals surface area (Å²) in [6.45, 7) is 0. The molecule has 4 nitrogen and oxygen atoms in total. The predicted molar refractivity (Wildman–Crippen MR) is 128 cm³/mol. The highest BCUT2D eigenvalue weighted by atomic mass is 79.9. The van der Waals surface area contributed by atoms with E-state index in [0.29, 0.717) is 12.1 Å². The van der Waals surface area contributed by atoms with Crippen molar-refractivity contribution < 1.29 is 48.4 Å². The number of nitrogen functional groups attached to an aromatic ring is 2. The van der Waals surface area contributed by atoms with Crippen molar-refractivity contribution >= 4 is 91.2 Å². The second-order valence-electron chi connectivity index (χ2n) is 6.67. The summed E-state index contributed by atoms with van der Waals surface area (Å²) in [6.07, 6.45) is 0. The number of carbonyl (C=O) groups excluding carboxylic acids is 2. The number of benzene rings is 2. The van der Waals surface area contributed by atoms with Crippen LogP contribution in [0.5, 0.6) is 0 Å². The molecule has 35 heavy (non-hydrogen) atoms. The molecule has 0 fully saturated rings. The van der Waals surface area contributed by atoms with Crippen LogP contribution >= 0.6 is 68.2 Å². The molecule has 2 aromatic rings. The van der Waals surface area contributed by atoms with Crippen LogP contribution in [0.2, 0.25) is 0 Å². The Morgan fingerprint density at radius 1 is 0.686 bits per heavy atom.